The van der Waals surface area contributed by atoms with Crippen LogP contribution in [0.5, 0.6) is 11.5 Å². The van der Waals surface area contributed by atoms with Gasteiger partial charge in [0.1, 0.15) is 0 Å². The summed E-state index contributed by atoms with van der Waals surface area (Å²) in [5, 5.41) is 8.93. The molecule has 0 bridgehead atoms. The number of amides is 2. The van der Waals surface area contributed by atoms with Gasteiger partial charge >= 0.3 is 0 Å². The fourth-order valence-electron chi connectivity index (χ4n) is 3.67. The summed E-state index contributed by atoms with van der Waals surface area (Å²) in [4.78, 5) is 29.3. The van der Waals surface area contributed by atoms with Crippen LogP contribution < -0.4 is 14.8 Å². The van der Waals surface area contributed by atoms with E-state index in [1.807, 2.05) is 25.1 Å². The van der Waals surface area contributed by atoms with Gasteiger partial charge in [0.15, 0.2) is 11.5 Å². The number of carbonyl (C=O) groups excluding carboxylic acids is 2. The fraction of sp³-hybridized carbons (Fsp3) is 0.231. The van der Waals surface area contributed by atoms with E-state index in [0.717, 1.165) is 24.1 Å². The molecule has 9 heteroatoms. The molecule has 4 rings (SSSR count). The SMILES string of the molecule is CCOc1cc(C2=NN(C(=O)c3ccc(NC(=O)c4ccncc4)cc3)CCC2)ccc1OC.Cl. The third kappa shape index (κ3) is 6.16. The van der Waals surface area contributed by atoms with Gasteiger partial charge in [0.2, 0.25) is 0 Å². The number of nitrogens with zero attached hydrogens (tertiary/aromatic N) is 3. The molecular formula is C26H27ClN4O4. The second kappa shape index (κ2) is 12.0. The maximum absolute atomic E-state index is 13.1. The number of aromatic nitrogens is 1. The molecule has 2 aromatic carbocycles. The van der Waals surface area contributed by atoms with Crippen LogP contribution in [0.1, 0.15) is 46.0 Å². The summed E-state index contributed by atoms with van der Waals surface area (Å²) in [5.41, 5.74) is 3.33. The second-order valence-electron chi connectivity index (χ2n) is 7.64. The molecule has 2 amide bonds. The third-order valence-electron chi connectivity index (χ3n) is 5.39. The Hall–Kier alpha value is -3.91. The van der Waals surface area contributed by atoms with Crippen molar-refractivity contribution in [3.63, 3.8) is 0 Å². The van der Waals surface area contributed by atoms with E-state index in [1.165, 1.54) is 5.01 Å². The summed E-state index contributed by atoms with van der Waals surface area (Å²) in [5.74, 6) is 0.879. The molecule has 8 nitrogen and oxygen atoms in total. The number of ether oxygens (including phenoxy) is 2. The Balaban J connectivity index is 0.00000342. The van der Waals surface area contributed by atoms with Gasteiger partial charge in [-0.2, -0.15) is 5.10 Å². The van der Waals surface area contributed by atoms with E-state index in [4.69, 9.17) is 9.47 Å². The van der Waals surface area contributed by atoms with Crippen LogP contribution in [-0.4, -0.2) is 47.8 Å². The van der Waals surface area contributed by atoms with Crippen molar-refractivity contribution in [2.45, 2.75) is 19.8 Å². The summed E-state index contributed by atoms with van der Waals surface area (Å²) in [6.45, 7) is 2.98. The van der Waals surface area contributed by atoms with Gasteiger partial charge in [-0.05, 0) is 74.4 Å². The number of anilines is 1. The lowest BCUT2D eigenvalue weighted by atomic mass is 10.0. The lowest BCUT2D eigenvalue weighted by Crippen LogP contribution is -2.32. The number of hydrogen-bond donors (Lipinski definition) is 1. The van der Waals surface area contributed by atoms with Gasteiger partial charge < -0.3 is 14.8 Å². The first-order chi connectivity index (χ1) is 16.6. The van der Waals surface area contributed by atoms with Crippen LogP contribution >= 0.6 is 12.4 Å². The highest BCUT2D eigenvalue weighted by atomic mass is 35.5. The lowest BCUT2D eigenvalue weighted by Gasteiger charge is -2.24. The van der Waals surface area contributed by atoms with Crippen molar-refractivity contribution < 1.29 is 19.1 Å². The maximum Gasteiger partial charge on any atom is 0.273 e. The van der Waals surface area contributed by atoms with Crippen molar-refractivity contribution in [2.75, 3.05) is 25.6 Å². The minimum absolute atomic E-state index is 0. The predicted molar refractivity (Wildman–Crippen MR) is 137 cm³/mol. The molecule has 1 N–H and O–H groups in total. The Morgan fingerprint density at radius 2 is 1.74 bits per heavy atom. The summed E-state index contributed by atoms with van der Waals surface area (Å²) in [7, 11) is 1.60. The molecule has 2 heterocycles. The molecule has 0 atom stereocenters. The zero-order valence-electron chi connectivity index (χ0n) is 19.6. The monoisotopic (exact) mass is 494 g/mol. The minimum atomic E-state index is -0.238. The van der Waals surface area contributed by atoms with E-state index in [0.29, 0.717) is 41.5 Å². The maximum atomic E-state index is 13.1. The third-order valence-corrected chi connectivity index (χ3v) is 5.39. The molecule has 3 aromatic rings. The van der Waals surface area contributed by atoms with E-state index >= 15 is 0 Å². The number of methoxy groups -OCH3 is 1. The van der Waals surface area contributed by atoms with E-state index in [2.05, 4.69) is 15.4 Å². The van der Waals surface area contributed by atoms with Crippen molar-refractivity contribution >= 4 is 35.6 Å². The van der Waals surface area contributed by atoms with Crippen LogP contribution in [0.25, 0.3) is 0 Å². The van der Waals surface area contributed by atoms with E-state index in [1.54, 1.807) is 55.9 Å². The normalized spacial score (nSPS) is 12.7. The molecule has 1 aliphatic heterocycles. The minimum Gasteiger partial charge on any atom is -0.493 e. The van der Waals surface area contributed by atoms with Crippen LogP contribution in [0.2, 0.25) is 0 Å². The highest BCUT2D eigenvalue weighted by molar-refractivity contribution is 6.05. The summed E-state index contributed by atoms with van der Waals surface area (Å²) in [6.07, 6.45) is 4.70. The Kier molecular flexibility index (Phi) is 8.80. The number of pyridine rings is 1. The van der Waals surface area contributed by atoms with Gasteiger partial charge in [0.05, 0.1) is 19.4 Å². The molecule has 0 saturated heterocycles. The largest absolute Gasteiger partial charge is 0.493 e. The molecule has 1 aromatic heterocycles. The van der Waals surface area contributed by atoms with Crippen molar-refractivity contribution in [3.05, 3.63) is 83.7 Å². The number of nitrogens with one attached hydrogen (secondary N) is 1. The van der Waals surface area contributed by atoms with Crippen molar-refractivity contribution in [2.24, 2.45) is 5.10 Å². The van der Waals surface area contributed by atoms with E-state index in [9.17, 15) is 9.59 Å². The first-order valence-corrected chi connectivity index (χ1v) is 11.1. The molecule has 0 saturated carbocycles. The first-order valence-electron chi connectivity index (χ1n) is 11.1. The summed E-state index contributed by atoms with van der Waals surface area (Å²) < 4.78 is 11.0. The van der Waals surface area contributed by atoms with Gasteiger partial charge in [-0.25, -0.2) is 5.01 Å². The summed E-state index contributed by atoms with van der Waals surface area (Å²) >= 11 is 0. The van der Waals surface area contributed by atoms with Gasteiger partial charge in [0.25, 0.3) is 11.8 Å². The average Bonchev–Trinajstić information content (AvgIpc) is 2.89. The number of halogens is 1. The van der Waals surface area contributed by atoms with E-state index < -0.39 is 0 Å². The zero-order chi connectivity index (χ0) is 23.9. The molecule has 0 fully saturated rings. The Labute approximate surface area is 210 Å². The molecule has 0 unspecified atom stereocenters. The smallest absolute Gasteiger partial charge is 0.273 e. The Morgan fingerprint density at radius 3 is 2.43 bits per heavy atom. The Bertz CT molecular complexity index is 1200. The van der Waals surface area contributed by atoms with Gasteiger partial charge in [0, 0.05) is 41.3 Å². The number of benzene rings is 2. The molecule has 0 aliphatic carbocycles. The average molecular weight is 495 g/mol. The number of hydrazone groups is 1. The lowest BCUT2D eigenvalue weighted by molar-refractivity contribution is 0.0751. The molecule has 182 valence electrons. The van der Waals surface area contributed by atoms with Gasteiger partial charge in [-0.1, -0.05) is 0 Å². The van der Waals surface area contributed by atoms with Crippen LogP contribution in [-0.2, 0) is 0 Å². The Morgan fingerprint density at radius 1 is 1.00 bits per heavy atom. The van der Waals surface area contributed by atoms with Crippen molar-refractivity contribution in [1.82, 2.24) is 9.99 Å². The second-order valence-corrected chi connectivity index (χ2v) is 7.64. The fourth-order valence-corrected chi connectivity index (χ4v) is 3.67. The number of hydrogen-bond acceptors (Lipinski definition) is 6. The van der Waals surface area contributed by atoms with Crippen LogP contribution in [0, 0.1) is 0 Å². The van der Waals surface area contributed by atoms with Crippen molar-refractivity contribution in [1.29, 1.82) is 0 Å². The van der Waals surface area contributed by atoms with Crippen LogP contribution in [0.15, 0.2) is 72.1 Å². The standard InChI is InChI=1S/C26H26N4O4.ClH/c1-3-34-24-17-20(8-11-23(24)33-2)22-5-4-16-30(29-22)26(32)19-6-9-21(10-7-19)28-25(31)18-12-14-27-15-13-18;/h6-15,17H,3-5,16H2,1-2H3,(H,28,31);1H. The van der Waals surface area contributed by atoms with Gasteiger partial charge in [-0.15, -0.1) is 12.4 Å². The molecule has 35 heavy (non-hydrogen) atoms. The number of rotatable bonds is 7. The first kappa shape index (κ1) is 25.7. The molecule has 0 radical (unpaired) electrons. The van der Waals surface area contributed by atoms with Crippen LogP contribution in [0.4, 0.5) is 5.69 Å². The van der Waals surface area contributed by atoms with Crippen molar-refractivity contribution in [3.8, 4) is 11.5 Å². The number of carbonyl (C=O) groups is 2. The summed E-state index contributed by atoms with van der Waals surface area (Å²) in [6, 6.07) is 15.7. The van der Waals surface area contributed by atoms with Crippen LogP contribution in [0.3, 0.4) is 0 Å². The predicted octanol–water partition coefficient (Wildman–Crippen LogP) is 4.80. The highest BCUT2D eigenvalue weighted by Gasteiger charge is 2.21. The van der Waals surface area contributed by atoms with E-state index in [-0.39, 0.29) is 24.2 Å². The quantitative estimate of drug-likeness (QED) is 0.509. The van der Waals surface area contributed by atoms with Gasteiger partial charge in [-0.3, -0.25) is 14.6 Å². The molecule has 1 aliphatic rings. The zero-order valence-corrected chi connectivity index (χ0v) is 20.4. The topological polar surface area (TPSA) is 93.1 Å². The molecule has 0 spiro atoms. The highest BCUT2D eigenvalue weighted by Crippen LogP contribution is 2.29. The molecular weight excluding hydrogens is 468 g/mol.